The topological polar surface area (TPSA) is 47.8 Å². The Morgan fingerprint density at radius 1 is 1.08 bits per heavy atom. The highest BCUT2D eigenvalue weighted by molar-refractivity contribution is 7.99. The first kappa shape index (κ1) is 17.0. The number of thioether (sulfide) groups is 1. The zero-order valence-electron chi connectivity index (χ0n) is 14.8. The molecule has 3 aromatic rings. The number of carbonyl (C=O) groups excluding carboxylic acids is 1. The second-order valence-electron chi connectivity index (χ2n) is 6.67. The number of aromatic nitrogens is 3. The maximum absolute atomic E-state index is 12.5. The number of fused-ring (bicyclic) bond motifs is 1. The summed E-state index contributed by atoms with van der Waals surface area (Å²) in [7, 11) is 1.96. The van der Waals surface area contributed by atoms with Crippen LogP contribution in [-0.2, 0) is 26.3 Å². The van der Waals surface area contributed by atoms with E-state index in [0.29, 0.717) is 5.75 Å². The largest absolute Gasteiger partial charge is 0.309 e. The van der Waals surface area contributed by atoms with Crippen LogP contribution in [-0.4, -0.2) is 26.3 Å². The molecule has 26 heavy (non-hydrogen) atoms. The van der Waals surface area contributed by atoms with Gasteiger partial charge in [0.15, 0.2) is 10.9 Å². The van der Waals surface area contributed by atoms with Crippen molar-refractivity contribution in [3.05, 3.63) is 76.6 Å². The second kappa shape index (κ2) is 7.46. The molecule has 1 aliphatic rings. The molecule has 0 amide bonds. The van der Waals surface area contributed by atoms with Crippen molar-refractivity contribution in [3.8, 4) is 0 Å². The van der Waals surface area contributed by atoms with Gasteiger partial charge in [0.1, 0.15) is 5.82 Å². The lowest BCUT2D eigenvalue weighted by Crippen LogP contribution is -2.05. The van der Waals surface area contributed by atoms with E-state index < -0.39 is 0 Å². The van der Waals surface area contributed by atoms with Crippen LogP contribution in [0.1, 0.15) is 39.3 Å². The Hall–Kier alpha value is -2.40. The van der Waals surface area contributed by atoms with Gasteiger partial charge in [0.2, 0.25) is 0 Å². The summed E-state index contributed by atoms with van der Waals surface area (Å²) >= 11 is 1.45. The highest BCUT2D eigenvalue weighted by Gasteiger charge is 2.16. The molecule has 1 aromatic heterocycles. The second-order valence-corrected chi connectivity index (χ2v) is 7.61. The van der Waals surface area contributed by atoms with Crippen LogP contribution in [0.25, 0.3) is 0 Å². The lowest BCUT2D eigenvalue weighted by molar-refractivity contribution is 0.102. The third kappa shape index (κ3) is 3.58. The van der Waals surface area contributed by atoms with Gasteiger partial charge >= 0.3 is 0 Å². The van der Waals surface area contributed by atoms with Gasteiger partial charge in [-0.25, -0.2) is 0 Å². The zero-order chi connectivity index (χ0) is 17.9. The summed E-state index contributed by atoms with van der Waals surface area (Å²) in [5.41, 5.74) is 4.75. The van der Waals surface area contributed by atoms with E-state index in [1.54, 1.807) is 0 Å². The van der Waals surface area contributed by atoms with Gasteiger partial charge in [0.25, 0.3) is 0 Å². The summed E-state index contributed by atoms with van der Waals surface area (Å²) in [6, 6.07) is 16.4. The minimum absolute atomic E-state index is 0.150. The van der Waals surface area contributed by atoms with Crippen molar-refractivity contribution in [3.63, 3.8) is 0 Å². The fourth-order valence-electron chi connectivity index (χ4n) is 3.36. The molecule has 4 nitrogen and oxygen atoms in total. The van der Waals surface area contributed by atoms with Gasteiger partial charge in [-0.15, -0.1) is 10.2 Å². The van der Waals surface area contributed by atoms with Crippen molar-refractivity contribution in [2.24, 2.45) is 7.05 Å². The van der Waals surface area contributed by atoms with Crippen molar-refractivity contribution < 1.29 is 4.79 Å². The smallest absolute Gasteiger partial charge is 0.191 e. The van der Waals surface area contributed by atoms with Gasteiger partial charge in [-0.05, 0) is 42.0 Å². The van der Waals surface area contributed by atoms with E-state index in [4.69, 9.17) is 0 Å². The summed E-state index contributed by atoms with van der Waals surface area (Å²) in [4.78, 5) is 12.5. The molecule has 0 unspecified atom stereocenters. The number of ketones is 1. The van der Waals surface area contributed by atoms with Crippen molar-refractivity contribution in [2.75, 3.05) is 5.75 Å². The molecule has 132 valence electrons. The first-order valence-electron chi connectivity index (χ1n) is 8.91. The molecular formula is C21H21N3OS. The van der Waals surface area contributed by atoms with E-state index >= 15 is 0 Å². The van der Waals surface area contributed by atoms with Gasteiger partial charge in [-0.1, -0.05) is 54.2 Å². The number of rotatable bonds is 6. The third-order valence-electron chi connectivity index (χ3n) is 4.88. The Kier molecular flexibility index (Phi) is 4.89. The van der Waals surface area contributed by atoms with E-state index in [-0.39, 0.29) is 5.78 Å². The lowest BCUT2D eigenvalue weighted by Gasteiger charge is -2.05. The summed E-state index contributed by atoms with van der Waals surface area (Å²) in [5.74, 6) is 1.44. The van der Waals surface area contributed by atoms with Crippen LogP contribution in [0.2, 0.25) is 0 Å². The maximum atomic E-state index is 12.5. The number of nitrogens with zero attached hydrogens (tertiary/aromatic N) is 3. The average molecular weight is 363 g/mol. The minimum atomic E-state index is 0.150. The van der Waals surface area contributed by atoms with Crippen molar-refractivity contribution in [2.45, 2.75) is 30.8 Å². The summed E-state index contributed by atoms with van der Waals surface area (Å²) in [6.45, 7) is 0. The molecule has 0 bridgehead atoms. The highest BCUT2D eigenvalue weighted by atomic mass is 32.2. The summed E-state index contributed by atoms with van der Waals surface area (Å²) in [5, 5.41) is 9.33. The predicted molar refractivity (Wildman–Crippen MR) is 104 cm³/mol. The van der Waals surface area contributed by atoms with Gasteiger partial charge in [0.05, 0.1) is 5.75 Å². The molecule has 0 N–H and O–H groups in total. The molecular weight excluding hydrogens is 342 g/mol. The molecule has 0 saturated carbocycles. The molecule has 5 heteroatoms. The van der Waals surface area contributed by atoms with E-state index in [9.17, 15) is 4.79 Å². The van der Waals surface area contributed by atoms with Crippen LogP contribution in [0, 0.1) is 0 Å². The van der Waals surface area contributed by atoms with Crippen LogP contribution in [0.3, 0.4) is 0 Å². The highest BCUT2D eigenvalue weighted by Crippen LogP contribution is 2.24. The predicted octanol–water partition coefficient (Wildman–Crippen LogP) is 3.87. The van der Waals surface area contributed by atoms with Gasteiger partial charge in [0, 0.05) is 19.0 Å². The van der Waals surface area contributed by atoms with Crippen LogP contribution in [0.15, 0.2) is 53.7 Å². The molecule has 0 aliphatic heterocycles. The number of hydrogen-bond donors (Lipinski definition) is 0. The number of Topliss-reactive ketones (excluding diaryl/α,β-unsaturated/α-hetero) is 1. The van der Waals surface area contributed by atoms with Crippen molar-refractivity contribution in [1.29, 1.82) is 0 Å². The number of hydrogen-bond acceptors (Lipinski definition) is 4. The van der Waals surface area contributed by atoms with Crippen LogP contribution in [0.4, 0.5) is 0 Å². The summed E-state index contributed by atoms with van der Waals surface area (Å²) < 4.78 is 1.98. The Bertz CT molecular complexity index is 934. The zero-order valence-corrected chi connectivity index (χ0v) is 15.6. The molecule has 0 atom stereocenters. The van der Waals surface area contributed by atoms with Crippen molar-refractivity contribution in [1.82, 2.24) is 14.8 Å². The van der Waals surface area contributed by atoms with E-state index in [1.165, 1.54) is 34.9 Å². The Morgan fingerprint density at radius 2 is 1.88 bits per heavy atom. The number of carbonyl (C=O) groups is 1. The lowest BCUT2D eigenvalue weighted by atomic mass is 10.0. The molecule has 1 aliphatic carbocycles. The minimum Gasteiger partial charge on any atom is -0.309 e. The van der Waals surface area contributed by atoms with Gasteiger partial charge in [-0.3, -0.25) is 4.79 Å². The monoisotopic (exact) mass is 363 g/mol. The Labute approximate surface area is 157 Å². The quantitative estimate of drug-likeness (QED) is 0.493. The van der Waals surface area contributed by atoms with Gasteiger partial charge < -0.3 is 4.57 Å². The first-order chi connectivity index (χ1) is 12.7. The molecule has 1 heterocycles. The van der Waals surface area contributed by atoms with E-state index in [2.05, 4.69) is 34.5 Å². The third-order valence-corrected chi connectivity index (χ3v) is 5.90. The van der Waals surface area contributed by atoms with Crippen LogP contribution >= 0.6 is 11.8 Å². The molecule has 0 fully saturated rings. The van der Waals surface area contributed by atoms with Crippen LogP contribution < -0.4 is 0 Å². The fraction of sp³-hybridized carbons (Fsp3) is 0.286. The standard InChI is InChI=1S/C21H21N3OS/c1-24-20(12-15-6-3-2-4-7-15)22-23-21(24)26-14-19(25)18-11-10-16-8-5-9-17(16)13-18/h2-4,6-7,10-11,13H,5,8-9,12,14H2,1H3. The Morgan fingerprint density at radius 3 is 2.73 bits per heavy atom. The van der Waals surface area contributed by atoms with Crippen LogP contribution in [0.5, 0.6) is 0 Å². The molecule has 0 spiro atoms. The molecule has 2 aromatic carbocycles. The first-order valence-corrected chi connectivity index (χ1v) is 9.89. The fourth-order valence-corrected chi connectivity index (χ4v) is 4.19. The Balaban J connectivity index is 1.41. The molecule has 0 saturated heterocycles. The average Bonchev–Trinajstić information content (AvgIpc) is 3.27. The van der Waals surface area contributed by atoms with E-state index in [1.807, 2.05) is 35.9 Å². The molecule has 4 rings (SSSR count). The molecule has 0 radical (unpaired) electrons. The van der Waals surface area contributed by atoms with Gasteiger partial charge in [-0.2, -0.15) is 0 Å². The normalized spacial score (nSPS) is 13.0. The van der Waals surface area contributed by atoms with Crippen molar-refractivity contribution >= 4 is 17.5 Å². The van der Waals surface area contributed by atoms with E-state index in [0.717, 1.165) is 35.8 Å². The maximum Gasteiger partial charge on any atom is 0.191 e. The summed E-state index contributed by atoms with van der Waals surface area (Å²) in [6.07, 6.45) is 4.17. The number of aryl methyl sites for hydroxylation is 2. The SMILES string of the molecule is Cn1c(Cc2ccccc2)nnc1SCC(=O)c1ccc2c(c1)CCC2. The number of benzene rings is 2.